The van der Waals surface area contributed by atoms with E-state index in [0.717, 1.165) is 51.3 Å². The highest BCUT2D eigenvalue weighted by atomic mass is 16.2. The van der Waals surface area contributed by atoms with Crippen LogP contribution in [0.25, 0.3) is 0 Å². The molecular weight excluding hydrogens is 312 g/mol. The number of aromatic nitrogens is 2. The summed E-state index contributed by atoms with van der Waals surface area (Å²) in [6.45, 7) is 3.70. The number of carbonyl (C=O) groups is 1. The second-order valence-corrected chi connectivity index (χ2v) is 8.22. The summed E-state index contributed by atoms with van der Waals surface area (Å²) in [6, 6.07) is 0. The van der Waals surface area contributed by atoms with Crippen molar-refractivity contribution in [3.05, 3.63) is 23.3 Å². The molecule has 5 nitrogen and oxygen atoms in total. The summed E-state index contributed by atoms with van der Waals surface area (Å²) in [7, 11) is 2.14. The van der Waals surface area contributed by atoms with Gasteiger partial charge in [-0.05, 0) is 32.2 Å². The van der Waals surface area contributed by atoms with Crippen LogP contribution in [0.1, 0.15) is 67.9 Å². The zero-order chi connectivity index (χ0) is 17.2. The van der Waals surface area contributed by atoms with E-state index in [1.807, 2.05) is 6.20 Å². The van der Waals surface area contributed by atoms with Crippen molar-refractivity contribution in [2.24, 2.45) is 5.92 Å². The number of carbonyl (C=O) groups excluding carboxylic acids is 1. The molecule has 0 spiro atoms. The highest BCUT2D eigenvalue weighted by molar-refractivity contribution is 5.76. The van der Waals surface area contributed by atoms with Crippen molar-refractivity contribution in [1.29, 1.82) is 0 Å². The van der Waals surface area contributed by atoms with E-state index in [2.05, 4.69) is 21.8 Å². The van der Waals surface area contributed by atoms with Gasteiger partial charge in [0.05, 0.1) is 0 Å². The van der Waals surface area contributed by atoms with Crippen LogP contribution in [0.4, 0.5) is 0 Å². The first-order chi connectivity index (χ1) is 12.2. The van der Waals surface area contributed by atoms with E-state index < -0.39 is 0 Å². The van der Waals surface area contributed by atoms with Crippen LogP contribution in [0.2, 0.25) is 0 Å². The van der Waals surface area contributed by atoms with Crippen molar-refractivity contribution in [2.45, 2.75) is 63.8 Å². The molecule has 5 heteroatoms. The summed E-state index contributed by atoms with van der Waals surface area (Å²) in [5.41, 5.74) is 2.48. The second kappa shape index (κ2) is 7.40. The Balaban J connectivity index is 1.36. The van der Waals surface area contributed by atoms with Crippen molar-refractivity contribution >= 4 is 5.91 Å². The van der Waals surface area contributed by atoms with Crippen molar-refractivity contribution in [2.75, 3.05) is 26.7 Å². The molecule has 1 aromatic rings. The SMILES string of the molecule is CN1CCc2nc(C3CCN(C(=O)CC4CCCCC4)C3)ncc2C1. The molecule has 136 valence electrons. The molecule has 2 aliphatic heterocycles. The molecule has 0 N–H and O–H groups in total. The lowest BCUT2D eigenvalue weighted by Gasteiger charge is -2.25. The van der Waals surface area contributed by atoms with Gasteiger partial charge >= 0.3 is 0 Å². The minimum absolute atomic E-state index is 0.320. The third-order valence-corrected chi connectivity index (χ3v) is 6.24. The van der Waals surface area contributed by atoms with Gasteiger partial charge in [0, 0.05) is 62.4 Å². The molecule has 1 saturated carbocycles. The fourth-order valence-electron chi connectivity index (χ4n) is 4.63. The Bertz CT molecular complexity index is 626. The molecule has 3 heterocycles. The van der Waals surface area contributed by atoms with E-state index in [1.54, 1.807) is 0 Å². The van der Waals surface area contributed by atoms with Gasteiger partial charge in [-0.15, -0.1) is 0 Å². The van der Waals surface area contributed by atoms with Crippen LogP contribution in [0.3, 0.4) is 0 Å². The van der Waals surface area contributed by atoms with E-state index in [0.29, 0.717) is 17.7 Å². The molecule has 0 radical (unpaired) electrons. The Hall–Kier alpha value is -1.49. The van der Waals surface area contributed by atoms with Gasteiger partial charge in [-0.3, -0.25) is 4.79 Å². The van der Waals surface area contributed by atoms with E-state index >= 15 is 0 Å². The molecule has 3 aliphatic rings. The summed E-state index contributed by atoms with van der Waals surface area (Å²) in [4.78, 5) is 26.5. The first-order valence-corrected chi connectivity index (χ1v) is 10.00. The number of hydrogen-bond acceptors (Lipinski definition) is 4. The summed E-state index contributed by atoms with van der Waals surface area (Å²) in [5, 5.41) is 0. The molecule has 0 aromatic carbocycles. The minimum Gasteiger partial charge on any atom is -0.342 e. The first-order valence-electron chi connectivity index (χ1n) is 10.00. The standard InChI is InChI=1S/C20H30N4O/c1-23-9-8-18-17(13-23)12-21-20(22-18)16-7-10-24(14-16)19(25)11-15-5-3-2-4-6-15/h12,15-16H,2-11,13-14H2,1H3. The number of nitrogens with zero attached hydrogens (tertiary/aromatic N) is 4. The number of likely N-dealkylation sites (tertiary alicyclic amines) is 1. The van der Waals surface area contributed by atoms with Crippen LogP contribution in [0.5, 0.6) is 0 Å². The van der Waals surface area contributed by atoms with Crippen LogP contribution >= 0.6 is 0 Å². The molecule has 1 saturated heterocycles. The Labute approximate surface area is 150 Å². The summed E-state index contributed by atoms with van der Waals surface area (Å²) >= 11 is 0. The number of amides is 1. The van der Waals surface area contributed by atoms with Gasteiger partial charge in [0.25, 0.3) is 0 Å². The monoisotopic (exact) mass is 342 g/mol. The first kappa shape index (κ1) is 17.0. The van der Waals surface area contributed by atoms with Gasteiger partial charge < -0.3 is 9.80 Å². The Morgan fingerprint density at radius 3 is 2.88 bits per heavy atom. The maximum atomic E-state index is 12.6. The van der Waals surface area contributed by atoms with Crippen LogP contribution in [0.15, 0.2) is 6.20 Å². The van der Waals surface area contributed by atoms with Crippen molar-refractivity contribution in [1.82, 2.24) is 19.8 Å². The lowest BCUT2D eigenvalue weighted by molar-refractivity contribution is -0.131. The van der Waals surface area contributed by atoms with Gasteiger partial charge in [-0.1, -0.05) is 19.3 Å². The summed E-state index contributed by atoms with van der Waals surface area (Å²) < 4.78 is 0. The molecule has 2 fully saturated rings. The Morgan fingerprint density at radius 1 is 1.20 bits per heavy atom. The van der Waals surface area contributed by atoms with Crippen molar-refractivity contribution in [3.63, 3.8) is 0 Å². The van der Waals surface area contributed by atoms with Gasteiger partial charge in [0.1, 0.15) is 5.82 Å². The van der Waals surface area contributed by atoms with E-state index in [-0.39, 0.29) is 0 Å². The average molecular weight is 342 g/mol. The molecular formula is C20H30N4O. The quantitative estimate of drug-likeness (QED) is 0.847. The molecule has 1 atom stereocenters. The topological polar surface area (TPSA) is 49.3 Å². The highest BCUT2D eigenvalue weighted by Gasteiger charge is 2.31. The van der Waals surface area contributed by atoms with Gasteiger partial charge in [0.2, 0.25) is 5.91 Å². The molecule has 1 amide bonds. The lowest BCUT2D eigenvalue weighted by atomic mass is 9.87. The fourth-order valence-corrected chi connectivity index (χ4v) is 4.63. The van der Waals surface area contributed by atoms with Gasteiger partial charge in [0.15, 0.2) is 0 Å². The Morgan fingerprint density at radius 2 is 2.04 bits per heavy atom. The Kier molecular flexibility index (Phi) is 5.02. The third-order valence-electron chi connectivity index (χ3n) is 6.24. The van der Waals surface area contributed by atoms with Crippen LogP contribution in [-0.2, 0) is 17.8 Å². The van der Waals surface area contributed by atoms with E-state index in [4.69, 9.17) is 4.98 Å². The zero-order valence-corrected chi connectivity index (χ0v) is 15.4. The largest absolute Gasteiger partial charge is 0.342 e. The normalized spacial score (nSPS) is 25.2. The maximum Gasteiger partial charge on any atom is 0.222 e. The van der Waals surface area contributed by atoms with Crippen molar-refractivity contribution in [3.8, 4) is 0 Å². The summed E-state index contributed by atoms with van der Waals surface area (Å²) in [5.74, 6) is 2.25. The van der Waals surface area contributed by atoms with E-state index in [9.17, 15) is 4.79 Å². The molecule has 4 rings (SSSR count). The molecule has 25 heavy (non-hydrogen) atoms. The third kappa shape index (κ3) is 3.86. The second-order valence-electron chi connectivity index (χ2n) is 8.22. The number of hydrogen-bond donors (Lipinski definition) is 0. The average Bonchev–Trinajstić information content (AvgIpc) is 3.12. The van der Waals surface area contributed by atoms with Crippen LogP contribution < -0.4 is 0 Å². The maximum absolute atomic E-state index is 12.6. The number of likely N-dealkylation sites (N-methyl/N-ethyl adjacent to an activating group) is 1. The van der Waals surface area contributed by atoms with Crippen LogP contribution in [0, 0.1) is 5.92 Å². The predicted octanol–water partition coefficient (Wildman–Crippen LogP) is 2.75. The molecule has 1 aromatic heterocycles. The van der Waals surface area contributed by atoms with Gasteiger partial charge in [-0.2, -0.15) is 0 Å². The molecule has 1 aliphatic carbocycles. The molecule has 1 unspecified atom stereocenters. The highest BCUT2D eigenvalue weighted by Crippen LogP contribution is 2.30. The number of rotatable bonds is 3. The van der Waals surface area contributed by atoms with Gasteiger partial charge in [-0.25, -0.2) is 9.97 Å². The fraction of sp³-hybridized carbons (Fsp3) is 0.750. The summed E-state index contributed by atoms with van der Waals surface area (Å²) in [6.07, 6.45) is 11.2. The lowest BCUT2D eigenvalue weighted by Crippen LogP contribution is -2.31. The minimum atomic E-state index is 0.320. The number of fused-ring (bicyclic) bond motifs is 1. The van der Waals surface area contributed by atoms with Crippen molar-refractivity contribution < 1.29 is 4.79 Å². The molecule has 0 bridgehead atoms. The smallest absolute Gasteiger partial charge is 0.222 e. The predicted molar refractivity (Wildman–Crippen MR) is 97.2 cm³/mol. The zero-order valence-electron chi connectivity index (χ0n) is 15.4. The van der Waals surface area contributed by atoms with Crippen LogP contribution in [-0.4, -0.2) is 52.4 Å². The van der Waals surface area contributed by atoms with E-state index in [1.165, 1.54) is 43.4 Å².